The average Bonchev–Trinajstić information content (AvgIpc) is 3.37. The predicted octanol–water partition coefficient (Wildman–Crippen LogP) is 3.26. The number of aryl methyl sites for hydroxylation is 2. The largest absolute Gasteiger partial charge is 0.478 e. The minimum absolute atomic E-state index is 0.363. The standard InChI is InChI=1S/C17H22N2O2/c20-17(21)13-9-12-3-1-2-4-14(12)18-16(13)19-15(10-5-6-10)11-7-8-11/h9-11,15H,1-8H2,(H,18,19)(H,20,21). The SMILES string of the molecule is O=C(O)c1cc2c(nc1NC(C1CC1)C1CC1)CCCC2. The first kappa shape index (κ1) is 13.1. The van der Waals surface area contributed by atoms with Gasteiger partial charge < -0.3 is 10.4 Å². The third-order valence-corrected chi connectivity index (χ3v) is 5.09. The summed E-state index contributed by atoms with van der Waals surface area (Å²) in [5, 5.41) is 13.0. The fraction of sp³-hybridized carbons (Fsp3) is 0.647. The molecular weight excluding hydrogens is 264 g/mol. The topological polar surface area (TPSA) is 62.2 Å². The number of anilines is 1. The van der Waals surface area contributed by atoms with E-state index in [0.29, 0.717) is 17.4 Å². The lowest BCUT2D eigenvalue weighted by Gasteiger charge is -2.22. The zero-order valence-corrected chi connectivity index (χ0v) is 12.3. The maximum absolute atomic E-state index is 11.6. The first-order valence-corrected chi connectivity index (χ1v) is 8.25. The summed E-state index contributed by atoms with van der Waals surface area (Å²) in [7, 11) is 0. The van der Waals surface area contributed by atoms with E-state index in [0.717, 1.165) is 42.4 Å². The van der Waals surface area contributed by atoms with Crippen LogP contribution in [-0.4, -0.2) is 22.1 Å². The molecule has 0 unspecified atom stereocenters. The Hall–Kier alpha value is -1.58. The minimum atomic E-state index is -0.858. The fourth-order valence-corrected chi connectivity index (χ4v) is 3.60. The van der Waals surface area contributed by atoms with Gasteiger partial charge in [-0.1, -0.05) is 0 Å². The van der Waals surface area contributed by atoms with Crippen molar-refractivity contribution in [3.8, 4) is 0 Å². The smallest absolute Gasteiger partial charge is 0.339 e. The Labute approximate surface area is 125 Å². The van der Waals surface area contributed by atoms with Crippen LogP contribution in [0.5, 0.6) is 0 Å². The summed E-state index contributed by atoms with van der Waals surface area (Å²) in [6, 6.07) is 2.31. The Kier molecular flexibility index (Phi) is 3.12. The average molecular weight is 286 g/mol. The Morgan fingerprint density at radius 3 is 2.48 bits per heavy atom. The minimum Gasteiger partial charge on any atom is -0.478 e. The molecule has 1 aromatic rings. The summed E-state index contributed by atoms with van der Waals surface area (Å²) < 4.78 is 0. The second-order valence-electron chi connectivity index (χ2n) is 6.85. The summed E-state index contributed by atoms with van der Waals surface area (Å²) >= 11 is 0. The molecule has 0 amide bonds. The number of pyridine rings is 1. The molecule has 2 N–H and O–H groups in total. The lowest BCUT2D eigenvalue weighted by molar-refractivity contribution is 0.0697. The highest BCUT2D eigenvalue weighted by molar-refractivity contribution is 5.93. The molecule has 0 spiro atoms. The van der Waals surface area contributed by atoms with Crippen LogP contribution in [0.4, 0.5) is 5.82 Å². The van der Waals surface area contributed by atoms with Crippen molar-refractivity contribution in [2.75, 3.05) is 5.32 Å². The molecule has 3 aliphatic carbocycles. The number of nitrogens with zero attached hydrogens (tertiary/aromatic N) is 1. The molecule has 112 valence electrons. The Bertz CT molecular complexity index is 564. The van der Waals surface area contributed by atoms with E-state index < -0.39 is 5.97 Å². The van der Waals surface area contributed by atoms with Crippen LogP contribution in [0.15, 0.2) is 6.07 Å². The van der Waals surface area contributed by atoms with Crippen molar-refractivity contribution in [3.05, 3.63) is 22.9 Å². The number of aromatic carboxylic acids is 1. The molecule has 4 heteroatoms. The Balaban J connectivity index is 1.66. The summed E-state index contributed by atoms with van der Waals surface area (Å²) in [5.74, 6) is 1.23. The van der Waals surface area contributed by atoms with Crippen molar-refractivity contribution < 1.29 is 9.90 Å². The van der Waals surface area contributed by atoms with E-state index in [1.807, 2.05) is 6.07 Å². The molecule has 4 nitrogen and oxygen atoms in total. The molecule has 0 atom stereocenters. The van der Waals surface area contributed by atoms with Gasteiger partial charge in [0.2, 0.25) is 0 Å². The van der Waals surface area contributed by atoms with Crippen molar-refractivity contribution >= 4 is 11.8 Å². The first-order chi connectivity index (χ1) is 10.2. The lowest BCUT2D eigenvalue weighted by Crippen LogP contribution is -2.27. The summed E-state index contributed by atoms with van der Waals surface area (Å²) in [6.45, 7) is 0. The summed E-state index contributed by atoms with van der Waals surface area (Å²) in [5.41, 5.74) is 2.61. The number of aromatic nitrogens is 1. The number of rotatable bonds is 5. The van der Waals surface area contributed by atoms with Crippen LogP contribution >= 0.6 is 0 Å². The van der Waals surface area contributed by atoms with Crippen molar-refractivity contribution in [2.45, 2.75) is 57.4 Å². The Morgan fingerprint density at radius 2 is 1.86 bits per heavy atom. The number of hydrogen-bond acceptors (Lipinski definition) is 3. The highest BCUT2D eigenvalue weighted by Gasteiger charge is 2.42. The van der Waals surface area contributed by atoms with Gasteiger partial charge in [-0.05, 0) is 74.8 Å². The van der Waals surface area contributed by atoms with Crippen molar-refractivity contribution in [2.24, 2.45) is 11.8 Å². The second-order valence-corrected chi connectivity index (χ2v) is 6.85. The number of carbonyl (C=O) groups is 1. The first-order valence-electron chi connectivity index (χ1n) is 8.25. The van der Waals surface area contributed by atoms with Gasteiger partial charge in [0, 0.05) is 11.7 Å². The molecule has 1 aromatic heterocycles. The molecule has 0 saturated heterocycles. The van der Waals surface area contributed by atoms with E-state index in [1.54, 1.807) is 0 Å². The van der Waals surface area contributed by atoms with Crippen LogP contribution in [0.1, 0.15) is 60.1 Å². The quantitative estimate of drug-likeness (QED) is 0.872. The molecule has 1 heterocycles. The summed E-state index contributed by atoms with van der Waals surface area (Å²) in [4.78, 5) is 16.3. The highest BCUT2D eigenvalue weighted by atomic mass is 16.4. The van der Waals surface area contributed by atoms with Gasteiger partial charge >= 0.3 is 5.97 Å². The van der Waals surface area contributed by atoms with E-state index in [2.05, 4.69) is 5.32 Å². The second kappa shape index (κ2) is 5.00. The number of carboxylic acid groups (broad SMARTS) is 1. The van der Waals surface area contributed by atoms with E-state index in [9.17, 15) is 9.90 Å². The monoisotopic (exact) mass is 286 g/mol. The summed E-state index contributed by atoms with van der Waals surface area (Å²) in [6.07, 6.45) is 9.39. The van der Waals surface area contributed by atoms with Gasteiger partial charge in [-0.3, -0.25) is 0 Å². The molecule has 0 aliphatic heterocycles. The van der Waals surface area contributed by atoms with Gasteiger partial charge in [-0.15, -0.1) is 0 Å². The van der Waals surface area contributed by atoms with Crippen LogP contribution in [-0.2, 0) is 12.8 Å². The van der Waals surface area contributed by atoms with Crippen LogP contribution in [0.2, 0.25) is 0 Å². The van der Waals surface area contributed by atoms with E-state index in [1.165, 1.54) is 32.1 Å². The fourth-order valence-electron chi connectivity index (χ4n) is 3.60. The van der Waals surface area contributed by atoms with Crippen molar-refractivity contribution in [1.82, 2.24) is 4.98 Å². The number of fused-ring (bicyclic) bond motifs is 1. The molecule has 2 saturated carbocycles. The molecule has 2 fully saturated rings. The zero-order chi connectivity index (χ0) is 14.4. The molecule has 3 aliphatic rings. The van der Waals surface area contributed by atoms with Gasteiger partial charge in [0.25, 0.3) is 0 Å². The predicted molar refractivity (Wildman–Crippen MR) is 80.7 cm³/mol. The molecule has 0 bridgehead atoms. The lowest BCUT2D eigenvalue weighted by atomic mass is 9.94. The van der Waals surface area contributed by atoms with E-state index >= 15 is 0 Å². The van der Waals surface area contributed by atoms with Gasteiger partial charge in [-0.2, -0.15) is 0 Å². The third kappa shape index (κ3) is 2.63. The van der Waals surface area contributed by atoms with E-state index in [4.69, 9.17) is 4.98 Å². The van der Waals surface area contributed by atoms with Crippen molar-refractivity contribution in [1.29, 1.82) is 0 Å². The van der Waals surface area contributed by atoms with Crippen molar-refractivity contribution in [3.63, 3.8) is 0 Å². The number of nitrogens with one attached hydrogen (secondary N) is 1. The molecule has 4 rings (SSSR count). The van der Waals surface area contributed by atoms with Crippen LogP contribution < -0.4 is 5.32 Å². The maximum Gasteiger partial charge on any atom is 0.339 e. The van der Waals surface area contributed by atoms with Gasteiger partial charge in [0.1, 0.15) is 11.4 Å². The van der Waals surface area contributed by atoms with Crippen LogP contribution in [0.3, 0.4) is 0 Å². The highest BCUT2D eigenvalue weighted by Crippen LogP contribution is 2.46. The van der Waals surface area contributed by atoms with Gasteiger partial charge in [-0.25, -0.2) is 9.78 Å². The number of hydrogen-bond donors (Lipinski definition) is 2. The molecule has 0 aromatic carbocycles. The normalized spacial score (nSPS) is 21.2. The molecule has 21 heavy (non-hydrogen) atoms. The van der Waals surface area contributed by atoms with Crippen LogP contribution in [0.25, 0.3) is 0 Å². The van der Waals surface area contributed by atoms with Gasteiger partial charge in [0.15, 0.2) is 0 Å². The third-order valence-electron chi connectivity index (χ3n) is 5.09. The van der Waals surface area contributed by atoms with Crippen LogP contribution in [0, 0.1) is 11.8 Å². The molecular formula is C17H22N2O2. The van der Waals surface area contributed by atoms with Gasteiger partial charge in [0.05, 0.1) is 0 Å². The maximum atomic E-state index is 11.6. The molecule has 0 radical (unpaired) electrons. The van der Waals surface area contributed by atoms with E-state index in [-0.39, 0.29) is 0 Å². The Morgan fingerprint density at radius 1 is 1.19 bits per heavy atom. The number of carboxylic acids is 1. The zero-order valence-electron chi connectivity index (χ0n) is 12.3.